The number of alkyl halides is 1. The Morgan fingerprint density at radius 2 is 2.16 bits per heavy atom. The number of aromatic nitrogens is 2. The minimum absolute atomic E-state index is 0.455. The number of hydrogen-bond acceptors (Lipinski definition) is 4. The summed E-state index contributed by atoms with van der Waals surface area (Å²) in [5.41, 5.74) is 2.46. The number of rotatable bonds is 4. The summed E-state index contributed by atoms with van der Waals surface area (Å²) in [4.78, 5) is 9.44. The Labute approximate surface area is 133 Å². The molecule has 3 atom stereocenters. The molecule has 0 amide bonds. The van der Waals surface area contributed by atoms with Crippen LogP contribution in [0.5, 0.6) is 0 Å². The van der Waals surface area contributed by atoms with Crippen molar-refractivity contribution in [3.63, 3.8) is 0 Å². The van der Waals surface area contributed by atoms with E-state index in [1.54, 1.807) is 0 Å². The van der Waals surface area contributed by atoms with Gasteiger partial charge < -0.3 is 0 Å². The second kappa shape index (κ2) is 7.32. The Balaban J connectivity index is 2.18. The highest BCUT2D eigenvalue weighted by molar-refractivity contribution is 9.08. The fourth-order valence-electron chi connectivity index (χ4n) is 2.10. The van der Waals surface area contributed by atoms with Crippen LogP contribution in [0.4, 0.5) is 0 Å². The van der Waals surface area contributed by atoms with E-state index < -0.39 is 0 Å². The molecular weight excluding hydrogens is 340 g/mol. The number of halogens is 1. The molecule has 0 bridgehead atoms. The largest absolute Gasteiger partial charge is 0.240 e. The van der Waals surface area contributed by atoms with Crippen LogP contribution >= 0.6 is 39.5 Å². The summed E-state index contributed by atoms with van der Waals surface area (Å²) < 4.78 is 0. The SMILES string of the molecule is CCCc1nc(C2CSC(C)C(C)S2)ncc1CBr. The van der Waals surface area contributed by atoms with Crippen molar-refractivity contribution in [3.8, 4) is 0 Å². The Morgan fingerprint density at radius 1 is 1.37 bits per heavy atom. The van der Waals surface area contributed by atoms with Crippen LogP contribution in [0.15, 0.2) is 6.20 Å². The van der Waals surface area contributed by atoms with Gasteiger partial charge in [-0.3, -0.25) is 0 Å². The minimum atomic E-state index is 0.455. The molecular formula is C14H21BrN2S2. The summed E-state index contributed by atoms with van der Waals surface area (Å²) in [6.07, 6.45) is 4.19. The van der Waals surface area contributed by atoms with Crippen molar-refractivity contribution in [2.75, 3.05) is 5.75 Å². The first-order chi connectivity index (χ1) is 9.15. The lowest BCUT2D eigenvalue weighted by Crippen LogP contribution is -2.23. The third-order valence-corrected chi connectivity index (χ3v) is 7.43. The van der Waals surface area contributed by atoms with Gasteiger partial charge in [-0.25, -0.2) is 9.97 Å². The number of hydrogen-bond donors (Lipinski definition) is 0. The minimum Gasteiger partial charge on any atom is -0.240 e. The lowest BCUT2D eigenvalue weighted by atomic mass is 10.1. The summed E-state index contributed by atoms with van der Waals surface area (Å²) in [6, 6.07) is 0. The molecule has 0 radical (unpaired) electrons. The van der Waals surface area contributed by atoms with Gasteiger partial charge in [0.15, 0.2) is 0 Å². The zero-order chi connectivity index (χ0) is 13.8. The molecule has 2 heterocycles. The molecule has 106 valence electrons. The van der Waals surface area contributed by atoms with E-state index in [1.807, 2.05) is 29.7 Å². The molecule has 3 unspecified atom stereocenters. The van der Waals surface area contributed by atoms with Gasteiger partial charge in [0.1, 0.15) is 5.82 Å². The van der Waals surface area contributed by atoms with Crippen LogP contribution in [0.1, 0.15) is 49.5 Å². The topological polar surface area (TPSA) is 25.8 Å². The van der Waals surface area contributed by atoms with Gasteiger partial charge in [-0.1, -0.05) is 43.1 Å². The number of nitrogens with zero attached hydrogens (tertiary/aromatic N) is 2. The smallest absolute Gasteiger partial charge is 0.142 e. The van der Waals surface area contributed by atoms with E-state index >= 15 is 0 Å². The van der Waals surface area contributed by atoms with Gasteiger partial charge in [0, 0.05) is 39.0 Å². The van der Waals surface area contributed by atoms with E-state index in [-0.39, 0.29) is 0 Å². The Bertz CT molecular complexity index is 428. The van der Waals surface area contributed by atoms with Gasteiger partial charge in [-0.15, -0.1) is 11.8 Å². The lowest BCUT2D eigenvalue weighted by molar-refractivity contribution is 0.804. The molecule has 0 aromatic carbocycles. The molecule has 0 aliphatic carbocycles. The molecule has 0 saturated carbocycles. The monoisotopic (exact) mass is 360 g/mol. The molecule has 19 heavy (non-hydrogen) atoms. The van der Waals surface area contributed by atoms with Crippen molar-refractivity contribution >= 4 is 39.5 Å². The molecule has 2 rings (SSSR count). The Morgan fingerprint density at radius 3 is 2.79 bits per heavy atom. The fourth-order valence-corrected chi connectivity index (χ4v) is 5.42. The second-order valence-electron chi connectivity index (χ2n) is 4.95. The fraction of sp³-hybridized carbons (Fsp3) is 0.714. The third kappa shape index (κ3) is 3.88. The van der Waals surface area contributed by atoms with E-state index in [9.17, 15) is 0 Å². The molecule has 0 spiro atoms. The zero-order valence-electron chi connectivity index (χ0n) is 11.7. The zero-order valence-corrected chi connectivity index (χ0v) is 14.9. The van der Waals surface area contributed by atoms with Crippen molar-refractivity contribution in [2.24, 2.45) is 0 Å². The van der Waals surface area contributed by atoms with E-state index in [0.29, 0.717) is 10.5 Å². The van der Waals surface area contributed by atoms with E-state index in [0.717, 1.165) is 35.0 Å². The molecule has 1 aromatic rings. The Kier molecular flexibility index (Phi) is 6.03. The summed E-state index contributed by atoms with van der Waals surface area (Å²) in [7, 11) is 0. The molecule has 5 heteroatoms. The van der Waals surface area contributed by atoms with Crippen LogP contribution in [0, 0.1) is 0 Å². The van der Waals surface area contributed by atoms with Crippen LogP contribution in [-0.4, -0.2) is 26.2 Å². The molecule has 1 aliphatic rings. The highest BCUT2D eigenvalue weighted by atomic mass is 79.9. The Hall–Kier alpha value is 0.260. The van der Waals surface area contributed by atoms with E-state index in [1.165, 1.54) is 11.3 Å². The maximum Gasteiger partial charge on any atom is 0.142 e. The normalized spacial score (nSPS) is 27.5. The van der Waals surface area contributed by atoms with Gasteiger partial charge in [0.25, 0.3) is 0 Å². The van der Waals surface area contributed by atoms with Crippen LogP contribution in [0.25, 0.3) is 0 Å². The predicted molar refractivity (Wildman–Crippen MR) is 90.4 cm³/mol. The van der Waals surface area contributed by atoms with Gasteiger partial charge in [-0.05, 0) is 6.42 Å². The average molecular weight is 361 g/mol. The van der Waals surface area contributed by atoms with E-state index in [4.69, 9.17) is 4.98 Å². The van der Waals surface area contributed by atoms with E-state index in [2.05, 4.69) is 41.7 Å². The summed E-state index contributed by atoms with van der Waals surface area (Å²) in [5, 5.41) is 2.72. The molecule has 0 N–H and O–H groups in total. The maximum absolute atomic E-state index is 4.84. The summed E-state index contributed by atoms with van der Waals surface area (Å²) >= 11 is 7.61. The summed E-state index contributed by atoms with van der Waals surface area (Å²) in [6.45, 7) is 6.83. The van der Waals surface area contributed by atoms with Gasteiger partial charge in [-0.2, -0.15) is 11.8 Å². The van der Waals surface area contributed by atoms with Crippen LogP contribution < -0.4 is 0 Å². The van der Waals surface area contributed by atoms with Crippen molar-refractivity contribution < 1.29 is 0 Å². The van der Waals surface area contributed by atoms with Crippen LogP contribution in [-0.2, 0) is 11.8 Å². The van der Waals surface area contributed by atoms with Crippen LogP contribution in [0.3, 0.4) is 0 Å². The number of aryl methyl sites for hydroxylation is 1. The first-order valence-corrected chi connectivity index (χ1v) is 9.94. The average Bonchev–Trinajstić information content (AvgIpc) is 2.42. The predicted octanol–water partition coefficient (Wildman–Crippen LogP) is 4.62. The summed E-state index contributed by atoms with van der Waals surface area (Å²) in [5.74, 6) is 2.17. The van der Waals surface area contributed by atoms with Crippen molar-refractivity contribution in [3.05, 3.63) is 23.3 Å². The van der Waals surface area contributed by atoms with Crippen molar-refractivity contribution in [1.29, 1.82) is 0 Å². The molecule has 2 nitrogen and oxygen atoms in total. The first kappa shape index (κ1) is 15.6. The molecule has 1 saturated heterocycles. The van der Waals surface area contributed by atoms with Crippen LogP contribution in [0.2, 0.25) is 0 Å². The molecule has 1 aromatic heterocycles. The van der Waals surface area contributed by atoms with Crippen molar-refractivity contribution in [2.45, 2.75) is 54.7 Å². The first-order valence-electron chi connectivity index (χ1n) is 6.83. The number of thioether (sulfide) groups is 2. The van der Waals surface area contributed by atoms with Gasteiger partial charge >= 0.3 is 0 Å². The lowest BCUT2D eigenvalue weighted by Gasteiger charge is -2.30. The highest BCUT2D eigenvalue weighted by Gasteiger charge is 2.28. The molecule has 1 aliphatic heterocycles. The van der Waals surface area contributed by atoms with Gasteiger partial charge in [0.2, 0.25) is 0 Å². The second-order valence-corrected chi connectivity index (χ2v) is 8.51. The third-order valence-electron chi connectivity index (χ3n) is 3.44. The molecule has 1 fully saturated rings. The standard InChI is InChI=1S/C14H21BrN2S2/c1-4-5-12-11(6-15)7-16-14(17-12)13-8-18-9(2)10(3)19-13/h7,9-10,13H,4-6,8H2,1-3H3. The van der Waals surface area contributed by atoms with Crippen molar-refractivity contribution in [1.82, 2.24) is 9.97 Å². The highest BCUT2D eigenvalue weighted by Crippen LogP contribution is 2.43. The maximum atomic E-state index is 4.84. The van der Waals surface area contributed by atoms with Gasteiger partial charge in [0.05, 0.1) is 5.25 Å². The quantitative estimate of drug-likeness (QED) is 0.731.